The second-order valence-electron chi connectivity index (χ2n) is 5.33. The van der Waals surface area contributed by atoms with Crippen molar-refractivity contribution in [1.82, 2.24) is 10.2 Å². The van der Waals surface area contributed by atoms with E-state index in [1.807, 2.05) is 20.8 Å². The van der Waals surface area contributed by atoms with E-state index in [0.717, 1.165) is 0 Å². The Kier molecular flexibility index (Phi) is 4.01. The summed E-state index contributed by atoms with van der Waals surface area (Å²) in [5, 5.41) is 14.1. The minimum absolute atomic E-state index is 0.244. The number of benzene rings is 1. The third-order valence-corrected chi connectivity index (χ3v) is 3.50. The summed E-state index contributed by atoms with van der Waals surface area (Å²) in [5.41, 5.74) is 0.764. The number of nitrogens with zero attached hydrogens (tertiary/aromatic N) is 2. The molecule has 20 heavy (non-hydrogen) atoms. The lowest BCUT2D eigenvalue weighted by atomic mass is 9.91. The predicted octanol–water partition coefficient (Wildman–Crippen LogP) is 4.72. The van der Waals surface area contributed by atoms with Crippen molar-refractivity contribution in [3.8, 4) is 0 Å². The van der Waals surface area contributed by atoms with Gasteiger partial charge in [-0.05, 0) is 12.1 Å². The van der Waals surface area contributed by atoms with Crippen LogP contribution in [0.1, 0.15) is 26.5 Å². The zero-order valence-corrected chi connectivity index (χ0v) is 12.8. The molecule has 7 heteroatoms. The van der Waals surface area contributed by atoms with E-state index in [9.17, 15) is 4.79 Å². The molecule has 0 saturated heterocycles. The lowest BCUT2D eigenvalue weighted by Gasteiger charge is -2.15. The van der Waals surface area contributed by atoms with Gasteiger partial charge in [-0.1, -0.05) is 50.0 Å². The van der Waals surface area contributed by atoms with E-state index in [0.29, 0.717) is 21.4 Å². The molecule has 5 nitrogen and oxygen atoms in total. The number of azo groups is 1. The largest absolute Gasteiger partial charge is 0.299 e. The van der Waals surface area contributed by atoms with Crippen molar-refractivity contribution < 1.29 is 0 Å². The number of halogens is 2. The summed E-state index contributed by atoms with van der Waals surface area (Å²) in [7, 11) is 0. The molecule has 1 heterocycles. The summed E-state index contributed by atoms with van der Waals surface area (Å²) in [5.74, 6) is 0. The van der Waals surface area contributed by atoms with Crippen LogP contribution in [-0.4, -0.2) is 10.2 Å². The molecule has 0 aliphatic rings. The number of H-pyrrole nitrogens is 2. The molecule has 0 fully saturated rings. The lowest BCUT2D eigenvalue weighted by Crippen LogP contribution is -2.12. The highest BCUT2D eigenvalue weighted by Gasteiger charge is 2.22. The molecule has 2 N–H and O–H groups in total. The third kappa shape index (κ3) is 2.94. The average molecular weight is 313 g/mol. The van der Waals surface area contributed by atoms with Gasteiger partial charge in [0, 0.05) is 5.41 Å². The van der Waals surface area contributed by atoms with E-state index >= 15 is 0 Å². The molecular weight excluding hydrogens is 299 g/mol. The predicted molar refractivity (Wildman–Crippen MR) is 80.8 cm³/mol. The number of hydrogen-bond donors (Lipinski definition) is 2. The quantitative estimate of drug-likeness (QED) is 0.773. The molecule has 2 rings (SSSR count). The lowest BCUT2D eigenvalue weighted by molar-refractivity contribution is 0.567. The van der Waals surface area contributed by atoms with Gasteiger partial charge in [0.1, 0.15) is 5.69 Å². The summed E-state index contributed by atoms with van der Waals surface area (Å²) in [6.07, 6.45) is 0. The van der Waals surface area contributed by atoms with Crippen molar-refractivity contribution in [2.24, 2.45) is 10.2 Å². The normalized spacial score (nSPS) is 12.2. The Morgan fingerprint density at radius 2 is 1.80 bits per heavy atom. The van der Waals surface area contributed by atoms with Gasteiger partial charge in [0.25, 0.3) is 5.56 Å². The highest BCUT2D eigenvalue weighted by molar-refractivity contribution is 6.43. The average Bonchev–Trinajstić information content (AvgIpc) is 2.72. The van der Waals surface area contributed by atoms with Gasteiger partial charge < -0.3 is 0 Å². The minimum atomic E-state index is -0.322. The second kappa shape index (κ2) is 5.42. The van der Waals surface area contributed by atoms with E-state index in [1.54, 1.807) is 18.2 Å². The Morgan fingerprint density at radius 1 is 1.10 bits per heavy atom. The molecule has 0 aliphatic heterocycles. The summed E-state index contributed by atoms with van der Waals surface area (Å²) < 4.78 is 0. The summed E-state index contributed by atoms with van der Waals surface area (Å²) in [6.45, 7) is 5.91. The van der Waals surface area contributed by atoms with Crippen molar-refractivity contribution in [3.63, 3.8) is 0 Å². The highest BCUT2D eigenvalue weighted by Crippen LogP contribution is 2.33. The number of nitrogens with one attached hydrogen (secondary N) is 2. The zero-order chi connectivity index (χ0) is 14.9. The van der Waals surface area contributed by atoms with Crippen LogP contribution in [-0.2, 0) is 5.41 Å². The maximum absolute atomic E-state index is 11.8. The molecule has 0 atom stereocenters. The Balaban J connectivity index is 2.45. The van der Waals surface area contributed by atoms with Gasteiger partial charge in [0.15, 0.2) is 5.69 Å². The first-order valence-electron chi connectivity index (χ1n) is 5.97. The molecule has 0 aliphatic carbocycles. The standard InChI is InChI=1S/C13H14Cl2N4O/c1-13(2,3)11-10(12(20)19-18-11)17-16-8-6-4-5-7(14)9(8)15/h4-6H,1-3H3,(H2,18,19,20). The fourth-order valence-corrected chi connectivity index (χ4v) is 2.00. The molecule has 0 bridgehead atoms. The van der Waals surface area contributed by atoms with E-state index in [4.69, 9.17) is 23.2 Å². The topological polar surface area (TPSA) is 73.4 Å². The van der Waals surface area contributed by atoms with Crippen molar-refractivity contribution >= 4 is 34.6 Å². The number of rotatable bonds is 2. The Bertz CT molecular complexity index is 710. The second-order valence-corrected chi connectivity index (χ2v) is 6.11. The van der Waals surface area contributed by atoms with Crippen LogP contribution in [0.15, 0.2) is 33.2 Å². The van der Waals surface area contributed by atoms with Crippen LogP contribution in [0.3, 0.4) is 0 Å². The van der Waals surface area contributed by atoms with Crippen molar-refractivity contribution in [3.05, 3.63) is 44.3 Å². The van der Waals surface area contributed by atoms with Crippen LogP contribution in [0.4, 0.5) is 11.4 Å². The van der Waals surface area contributed by atoms with Gasteiger partial charge in [0.05, 0.1) is 15.7 Å². The van der Waals surface area contributed by atoms with Gasteiger partial charge in [-0.25, -0.2) is 0 Å². The molecule has 106 valence electrons. The molecule has 0 radical (unpaired) electrons. The minimum Gasteiger partial charge on any atom is -0.299 e. The van der Waals surface area contributed by atoms with E-state index in [2.05, 4.69) is 20.4 Å². The number of hydrogen-bond acceptors (Lipinski definition) is 3. The van der Waals surface area contributed by atoms with Crippen LogP contribution >= 0.6 is 23.2 Å². The first-order chi connectivity index (χ1) is 9.30. The van der Waals surface area contributed by atoms with Crippen LogP contribution in [0.25, 0.3) is 0 Å². The van der Waals surface area contributed by atoms with Crippen LogP contribution < -0.4 is 5.56 Å². The molecule has 2 aromatic rings. The Morgan fingerprint density at radius 3 is 2.45 bits per heavy atom. The molecule has 0 unspecified atom stereocenters. The monoisotopic (exact) mass is 312 g/mol. The maximum Gasteiger partial charge on any atom is 0.292 e. The van der Waals surface area contributed by atoms with Crippen LogP contribution in [0.2, 0.25) is 10.0 Å². The van der Waals surface area contributed by atoms with Crippen molar-refractivity contribution in [2.45, 2.75) is 26.2 Å². The summed E-state index contributed by atoms with van der Waals surface area (Å²) >= 11 is 11.9. The van der Waals surface area contributed by atoms with Gasteiger partial charge in [-0.3, -0.25) is 15.0 Å². The Hall–Kier alpha value is -1.59. The van der Waals surface area contributed by atoms with E-state index < -0.39 is 0 Å². The Labute approximate surface area is 126 Å². The fraction of sp³-hybridized carbons (Fsp3) is 0.308. The SMILES string of the molecule is CC(C)(C)c1[nH][nH]c(=O)c1N=Nc1cccc(Cl)c1Cl. The maximum atomic E-state index is 11.8. The van der Waals surface area contributed by atoms with Crippen LogP contribution in [0.5, 0.6) is 0 Å². The van der Waals surface area contributed by atoms with E-state index in [1.165, 1.54) is 0 Å². The van der Waals surface area contributed by atoms with Gasteiger partial charge in [-0.2, -0.15) is 0 Å². The molecule has 1 aromatic heterocycles. The first-order valence-corrected chi connectivity index (χ1v) is 6.73. The van der Waals surface area contributed by atoms with E-state index in [-0.39, 0.29) is 16.7 Å². The summed E-state index contributed by atoms with van der Waals surface area (Å²) in [4.78, 5) is 11.8. The number of aromatic amines is 2. The van der Waals surface area contributed by atoms with Crippen LogP contribution in [0, 0.1) is 0 Å². The van der Waals surface area contributed by atoms with Gasteiger partial charge >= 0.3 is 0 Å². The third-order valence-electron chi connectivity index (χ3n) is 2.69. The summed E-state index contributed by atoms with van der Waals surface area (Å²) in [6, 6.07) is 5.05. The van der Waals surface area contributed by atoms with Crippen molar-refractivity contribution in [1.29, 1.82) is 0 Å². The molecule has 0 saturated carbocycles. The number of aromatic nitrogens is 2. The highest BCUT2D eigenvalue weighted by atomic mass is 35.5. The molecular formula is C13H14Cl2N4O. The first kappa shape index (κ1) is 14.8. The van der Waals surface area contributed by atoms with Gasteiger partial charge in [-0.15, -0.1) is 10.2 Å². The molecule has 0 spiro atoms. The van der Waals surface area contributed by atoms with Crippen molar-refractivity contribution in [2.75, 3.05) is 0 Å². The fourth-order valence-electron chi connectivity index (χ4n) is 1.66. The molecule has 1 aromatic carbocycles. The zero-order valence-electron chi connectivity index (χ0n) is 11.3. The smallest absolute Gasteiger partial charge is 0.292 e. The molecule has 0 amide bonds. The van der Waals surface area contributed by atoms with Gasteiger partial charge in [0.2, 0.25) is 0 Å².